The SMILES string of the molecule is Cc1cccc(CS(=O)(=O)Nc2cc(C)cc3c2OCC(=O)N3)c1. The predicted molar refractivity (Wildman–Crippen MR) is 92.7 cm³/mol. The normalized spacial score (nSPS) is 13.7. The Balaban J connectivity index is 1.89. The summed E-state index contributed by atoms with van der Waals surface area (Å²) in [5, 5.41) is 2.69. The standard InChI is InChI=1S/C17H18N2O4S/c1-11-4-3-5-13(6-11)10-24(21,22)19-15-8-12(2)7-14-17(15)23-9-16(20)18-14/h3-8,19H,9-10H2,1-2H3,(H,18,20). The molecule has 1 aliphatic rings. The molecule has 1 heterocycles. The van der Waals surface area contributed by atoms with Gasteiger partial charge in [-0.05, 0) is 37.1 Å². The van der Waals surface area contributed by atoms with Crippen LogP contribution < -0.4 is 14.8 Å². The van der Waals surface area contributed by atoms with Crippen LogP contribution in [-0.2, 0) is 20.6 Å². The van der Waals surface area contributed by atoms with Crippen molar-refractivity contribution in [1.82, 2.24) is 0 Å². The van der Waals surface area contributed by atoms with Crippen molar-refractivity contribution in [3.05, 3.63) is 53.1 Å². The molecule has 2 aromatic carbocycles. The van der Waals surface area contributed by atoms with E-state index in [-0.39, 0.29) is 18.3 Å². The van der Waals surface area contributed by atoms with Gasteiger partial charge in [0, 0.05) is 0 Å². The molecule has 7 heteroatoms. The largest absolute Gasteiger partial charge is 0.479 e. The highest BCUT2D eigenvalue weighted by molar-refractivity contribution is 7.91. The number of sulfonamides is 1. The number of hydrogen-bond acceptors (Lipinski definition) is 4. The van der Waals surface area contributed by atoms with Gasteiger partial charge in [0.25, 0.3) is 5.91 Å². The van der Waals surface area contributed by atoms with Gasteiger partial charge in [-0.3, -0.25) is 9.52 Å². The van der Waals surface area contributed by atoms with Crippen LogP contribution in [-0.4, -0.2) is 20.9 Å². The first-order chi connectivity index (χ1) is 11.3. The second-order valence-corrected chi connectivity index (χ2v) is 7.60. The van der Waals surface area contributed by atoms with Crippen LogP contribution in [0.3, 0.4) is 0 Å². The Hall–Kier alpha value is -2.54. The lowest BCUT2D eigenvalue weighted by molar-refractivity contribution is -0.118. The maximum atomic E-state index is 12.5. The number of benzene rings is 2. The van der Waals surface area contributed by atoms with Crippen molar-refractivity contribution in [1.29, 1.82) is 0 Å². The number of fused-ring (bicyclic) bond motifs is 1. The smallest absolute Gasteiger partial charge is 0.262 e. The fourth-order valence-electron chi connectivity index (χ4n) is 2.65. The first-order valence-electron chi connectivity index (χ1n) is 7.46. The number of rotatable bonds is 4. The van der Waals surface area contributed by atoms with Crippen molar-refractivity contribution >= 4 is 27.3 Å². The maximum absolute atomic E-state index is 12.5. The molecule has 2 aromatic rings. The van der Waals surface area contributed by atoms with Crippen LogP contribution in [0.1, 0.15) is 16.7 Å². The summed E-state index contributed by atoms with van der Waals surface area (Å²) >= 11 is 0. The van der Waals surface area contributed by atoms with Gasteiger partial charge in [-0.15, -0.1) is 0 Å². The monoisotopic (exact) mass is 346 g/mol. The van der Waals surface area contributed by atoms with Gasteiger partial charge in [0.15, 0.2) is 12.4 Å². The minimum absolute atomic E-state index is 0.135. The van der Waals surface area contributed by atoms with Gasteiger partial charge in [0.2, 0.25) is 10.0 Å². The van der Waals surface area contributed by atoms with Crippen molar-refractivity contribution in [2.45, 2.75) is 19.6 Å². The molecule has 2 N–H and O–H groups in total. The van der Waals surface area contributed by atoms with Crippen molar-refractivity contribution in [2.24, 2.45) is 0 Å². The summed E-state index contributed by atoms with van der Waals surface area (Å²) in [7, 11) is -3.61. The molecule has 0 bridgehead atoms. The van der Waals surface area contributed by atoms with E-state index in [2.05, 4.69) is 10.0 Å². The number of carbonyl (C=O) groups is 1. The van der Waals surface area contributed by atoms with E-state index in [1.807, 2.05) is 32.0 Å². The molecule has 0 aromatic heterocycles. The fourth-order valence-corrected chi connectivity index (χ4v) is 3.82. The van der Waals surface area contributed by atoms with Crippen molar-refractivity contribution in [3.63, 3.8) is 0 Å². The third kappa shape index (κ3) is 3.68. The molecule has 6 nitrogen and oxygen atoms in total. The molecular weight excluding hydrogens is 328 g/mol. The molecule has 0 aliphatic carbocycles. The number of anilines is 2. The molecule has 0 saturated carbocycles. The summed E-state index contributed by atoms with van der Waals surface area (Å²) in [4.78, 5) is 11.4. The van der Waals surface area contributed by atoms with Gasteiger partial charge in [0.05, 0.1) is 17.1 Å². The highest BCUT2D eigenvalue weighted by Gasteiger charge is 2.22. The molecule has 0 atom stereocenters. The van der Waals surface area contributed by atoms with Gasteiger partial charge in [-0.2, -0.15) is 0 Å². The van der Waals surface area contributed by atoms with E-state index in [1.165, 1.54) is 0 Å². The lowest BCUT2D eigenvalue weighted by Gasteiger charge is -2.22. The lowest BCUT2D eigenvalue weighted by Crippen LogP contribution is -2.26. The molecule has 1 amide bonds. The second kappa shape index (κ2) is 6.16. The summed E-state index contributed by atoms with van der Waals surface area (Å²) < 4.78 is 32.9. The molecule has 0 saturated heterocycles. The average molecular weight is 346 g/mol. The minimum atomic E-state index is -3.61. The van der Waals surface area contributed by atoms with E-state index in [0.29, 0.717) is 22.7 Å². The van der Waals surface area contributed by atoms with Gasteiger partial charge < -0.3 is 10.1 Å². The number of nitrogens with one attached hydrogen (secondary N) is 2. The number of hydrogen-bond donors (Lipinski definition) is 2. The third-order valence-electron chi connectivity index (χ3n) is 3.56. The number of ether oxygens (including phenoxy) is 1. The Bertz CT molecular complexity index is 907. The summed E-state index contributed by atoms with van der Waals surface area (Å²) in [6, 6.07) is 10.8. The summed E-state index contributed by atoms with van der Waals surface area (Å²) in [6.45, 7) is 3.60. The van der Waals surface area contributed by atoms with Gasteiger partial charge >= 0.3 is 0 Å². The number of amides is 1. The van der Waals surface area contributed by atoms with E-state index in [4.69, 9.17) is 4.74 Å². The molecule has 1 aliphatic heterocycles. The van der Waals surface area contributed by atoms with Crippen LogP contribution in [0, 0.1) is 13.8 Å². The van der Waals surface area contributed by atoms with E-state index in [1.54, 1.807) is 18.2 Å². The fraction of sp³-hybridized carbons (Fsp3) is 0.235. The zero-order valence-corrected chi connectivity index (χ0v) is 14.2. The zero-order valence-electron chi connectivity index (χ0n) is 13.4. The third-order valence-corrected chi connectivity index (χ3v) is 4.80. The second-order valence-electron chi connectivity index (χ2n) is 5.88. The summed E-state index contributed by atoms with van der Waals surface area (Å²) in [5.74, 6) is -0.0568. The van der Waals surface area contributed by atoms with Gasteiger partial charge in [-0.1, -0.05) is 29.8 Å². The molecule has 0 unspecified atom stereocenters. The number of aryl methyl sites for hydroxylation is 2. The highest BCUT2D eigenvalue weighted by atomic mass is 32.2. The Morgan fingerprint density at radius 1 is 1.17 bits per heavy atom. The van der Waals surface area contributed by atoms with E-state index in [0.717, 1.165) is 11.1 Å². The van der Waals surface area contributed by atoms with Gasteiger partial charge in [-0.25, -0.2) is 8.42 Å². The first kappa shape index (κ1) is 16.3. The van der Waals surface area contributed by atoms with Crippen molar-refractivity contribution < 1.29 is 17.9 Å². The van der Waals surface area contributed by atoms with Crippen LogP contribution in [0.2, 0.25) is 0 Å². The van der Waals surface area contributed by atoms with Gasteiger partial charge in [0.1, 0.15) is 0 Å². The van der Waals surface area contributed by atoms with E-state index < -0.39 is 10.0 Å². The van der Waals surface area contributed by atoms with Crippen LogP contribution in [0.4, 0.5) is 11.4 Å². The van der Waals surface area contributed by atoms with Crippen molar-refractivity contribution in [3.8, 4) is 5.75 Å². The molecule has 0 fully saturated rings. The Labute approximate surface area is 140 Å². The predicted octanol–water partition coefficient (Wildman–Crippen LogP) is 2.58. The van der Waals surface area contributed by atoms with Crippen LogP contribution in [0.15, 0.2) is 36.4 Å². The minimum Gasteiger partial charge on any atom is -0.479 e. The van der Waals surface area contributed by atoms with Crippen LogP contribution in [0.25, 0.3) is 0 Å². The first-order valence-corrected chi connectivity index (χ1v) is 9.11. The molecule has 126 valence electrons. The summed E-state index contributed by atoms with van der Waals surface area (Å²) in [5.41, 5.74) is 3.32. The number of carbonyl (C=O) groups excluding carboxylic acids is 1. The Morgan fingerprint density at radius 2 is 1.96 bits per heavy atom. The average Bonchev–Trinajstić information content (AvgIpc) is 2.45. The quantitative estimate of drug-likeness (QED) is 0.891. The highest BCUT2D eigenvalue weighted by Crippen LogP contribution is 2.37. The Morgan fingerprint density at radius 3 is 2.71 bits per heavy atom. The van der Waals surface area contributed by atoms with Crippen molar-refractivity contribution in [2.75, 3.05) is 16.6 Å². The maximum Gasteiger partial charge on any atom is 0.262 e. The molecular formula is C17H18N2O4S. The van der Waals surface area contributed by atoms with E-state index in [9.17, 15) is 13.2 Å². The molecule has 0 radical (unpaired) electrons. The zero-order chi connectivity index (χ0) is 17.3. The molecule has 24 heavy (non-hydrogen) atoms. The summed E-state index contributed by atoms with van der Waals surface area (Å²) in [6.07, 6.45) is 0. The lowest BCUT2D eigenvalue weighted by atomic mass is 10.1. The van der Waals surface area contributed by atoms with Crippen LogP contribution >= 0.6 is 0 Å². The molecule has 0 spiro atoms. The van der Waals surface area contributed by atoms with Crippen LogP contribution in [0.5, 0.6) is 5.75 Å². The topological polar surface area (TPSA) is 84.5 Å². The molecule has 3 rings (SSSR count). The Kier molecular flexibility index (Phi) is 4.19. The van der Waals surface area contributed by atoms with E-state index >= 15 is 0 Å².